The van der Waals surface area contributed by atoms with Gasteiger partial charge in [-0.3, -0.25) is 19.7 Å². The Morgan fingerprint density at radius 1 is 1.29 bits per heavy atom. The summed E-state index contributed by atoms with van der Waals surface area (Å²) in [4.78, 5) is 38.7. The van der Waals surface area contributed by atoms with E-state index >= 15 is 0 Å². The van der Waals surface area contributed by atoms with Gasteiger partial charge in [0.1, 0.15) is 5.82 Å². The lowest BCUT2D eigenvalue weighted by Crippen LogP contribution is -2.19. The number of fused-ring (bicyclic) bond motifs is 1. The third-order valence-electron chi connectivity index (χ3n) is 3.91. The number of halogens is 1. The number of nitrogens with zero attached hydrogens (tertiary/aromatic N) is 3. The molecule has 0 saturated heterocycles. The van der Waals surface area contributed by atoms with Crippen LogP contribution in [0.3, 0.4) is 0 Å². The number of carbonyl (C=O) groups is 2. The second-order valence-electron chi connectivity index (χ2n) is 5.70. The Morgan fingerprint density at radius 2 is 2.07 bits per heavy atom. The lowest BCUT2D eigenvalue weighted by atomic mass is 10.2. The maximum Gasteiger partial charge on any atom is 0.307 e. The number of carbonyl (C=O) groups excluding carboxylic acids is 2. The van der Waals surface area contributed by atoms with Crippen molar-refractivity contribution in [2.75, 3.05) is 7.11 Å². The first-order valence-electron chi connectivity index (χ1n) is 8.08. The van der Waals surface area contributed by atoms with Crippen LogP contribution in [-0.4, -0.2) is 28.5 Å². The quantitative estimate of drug-likeness (QED) is 0.370. The van der Waals surface area contributed by atoms with Crippen LogP contribution in [0.4, 0.5) is 10.1 Å². The number of amides is 1. The van der Waals surface area contributed by atoms with Gasteiger partial charge in [0, 0.05) is 24.2 Å². The molecule has 28 heavy (non-hydrogen) atoms. The van der Waals surface area contributed by atoms with Crippen molar-refractivity contribution in [1.29, 1.82) is 0 Å². The van der Waals surface area contributed by atoms with Crippen LogP contribution in [0.2, 0.25) is 0 Å². The highest BCUT2D eigenvalue weighted by atomic mass is 32.1. The summed E-state index contributed by atoms with van der Waals surface area (Å²) in [5.41, 5.74) is 0.560. The summed E-state index contributed by atoms with van der Waals surface area (Å²) in [6, 6.07) is 9.37. The molecule has 3 rings (SSSR count). The second kappa shape index (κ2) is 8.09. The summed E-state index contributed by atoms with van der Waals surface area (Å²) >= 11 is 1.07. The largest absolute Gasteiger partial charge is 0.469 e. The van der Waals surface area contributed by atoms with Crippen molar-refractivity contribution < 1.29 is 23.6 Å². The molecule has 0 aliphatic rings. The van der Waals surface area contributed by atoms with Gasteiger partial charge in [0.05, 0.1) is 28.7 Å². The van der Waals surface area contributed by atoms with Crippen LogP contribution in [-0.2, 0) is 16.1 Å². The van der Waals surface area contributed by atoms with Gasteiger partial charge in [-0.15, -0.1) is 0 Å². The molecule has 0 saturated carbocycles. The molecular weight excluding hydrogens is 389 g/mol. The van der Waals surface area contributed by atoms with Crippen LogP contribution in [0, 0.1) is 15.9 Å². The fraction of sp³-hybridized carbons (Fsp3) is 0.167. The highest BCUT2D eigenvalue weighted by molar-refractivity contribution is 7.16. The lowest BCUT2D eigenvalue weighted by molar-refractivity contribution is -0.384. The van der Waals surface area contributed by atoms with Gasteiger partial charge in [-0.2, -0.15) is 4.99 Å². The van der Waals surface area contributed by atoms with Gasteiger partial charge in [0.25, 0.3) is 11.6 Å². The Labute approximate surface area is 161 Å². The number of thiazole rings is 1. The third kappa shape index (κ3) is 4.12. The molecule has 2 aromatic carbocycles. The SMILES string of the molecule is COC(=O)CCn1c(=NC(=O)c2cccc(F)c2)sc2cc([N+](=O)[O-])ccc21. The first kappa shape index (κ1) is 19.4. The standard InChI is InChI=1S/C18H14FN3O5S/c1-27-16(23)7-8-21-14-6-5-13(22(25)26)10-15(14)28-18(21)20-17(24)11-3-2-4-12(19)9-11/h2-6,9-10H,7-8H2,1H3. The monoisotopic (exact) mass is 403 g/mol. The van der Waals surface area contributed by atoms with Gasteiger partial charge in [-0.05, 0) is 24.3 Å². The number of non-ortho nitro benzene ring substituents is 1. The Kier molecular flexibility index (Phi) is 5.59. The van der Waals surface area contributed by atoms with Crippen LogP contribution in [0.1, 0.15) is 16.8 Å². The van der Waals surface area contributed by atoms with E-state index in [1.165, 1.54) is 43.5 Å². The summed E-state index contributed by atoms with van der Waals surface area (Å²) < 4.78 is 20.1. The van der Waals surface area contributed by atoms with Gasteiger partial charge in [0.15, 0.2) is 4.80 Å². The van der Waals surface area contributed by atoms with Gasteiger partial charge in [-0.1, -0.05) is 17.4 Å². The average molecular weight is 403 g/mol. The molecule has 1 heterocycles. The zero-order chi connectivity index (χ0) is 20.3. The summed E-state index contributed by atoms with van der Waals surface area (Å²) in [5.74, 6) is -1.67. The molecule has 8 nitrogen and oxygen atoms in total. The van der Waals surface area contributed by atoms with Gasteiger partial charge in [-0.25, -0.2) is 4.39 Å². The molecule has 0 aliphatic heterocycles. The zero-order valence-electron chi connectivity index (χ0n) is 14.6. The molecule has 0 atom stereocenters. The average Bonchev–Trinajstić information content (AvgIpc) is 3.02. The first-order chi connectivity index (χ1) is 13.4. The first-order valence-corrected chi connectivity index (χ1v) is 8.90. The Balaban J connectivity index is 2.11. The molecule has 3 aromatic rings. The number of ether oxygens (including phenoxy) is 1. The molecule has 0 N–H and O–H groups in total. The molecule has 144 valence electrons. The highest BCUT2D eigenvalue weighted by Crippen LogP contribution is 2.23. The molecule has 0 spiro atoms. The summed E-state index contributed by atoms with van der Waals surface area (Å²) in [6.07, 6.45) is 0.0284. The maximum atomic E-state index is 13.4. The fourth-order valence-corrected chi connectivity index (χ4v) is 3.64. The van der Waals surface area contributed by atoms with E-state index in [9.17, 15) is 24.1 Å². The van der Waals surface area contributed by atoms with E-state index in [2.05, 4.69) is 9.73 Å². The predicted molar refractivity (Wildman–Crippen MR) is 99.4 cm³/mol. The number of hydrogen-bond acceptors (Lipinski definition) is 6. The van der Waals surface area contributed by atoms with Crippen LogP contribution in [0.15, 0.2) is 47.5 Å². The fourth-order valence-electron chi connectivity index (χ4n) is 2.55. The molecule has 0 aliphatic carbocycles. The molecule has 1 amide bonds. The Bertz CT molecular complexity index is 1150. The van der Waals surface area contributed by atoms with Crippen LogP contribution < -0.4 is 4.80 Å². The number of hydrogen-bond donors (Lipinski definition) is 0. The van der Waals surface area contributed by atoms with Gasteiger partial charge >= 0.3 is 5.97 Å². The molecule has 0 bridgehead atoms. The predicted octanol–water partition coefficient (Wildman–Crippen LogP) is 3.05. The Morgan fingerprint density at radius 3 is 2.75 bits per heavy atom. The minimum atomic E-state index is -0.660. The number of aryl methyl sites for hydroxylation is 1. The lowest BCUT2D eigenvalue weighted by Gasteiger charge is -2.04. The smallest absolute Gasteiger partial charge is 0.307 e. The third-order valence-corrected chi connectivity index (χ3v) is 4.95. The van der Waals surface area contributed by atoms with Crippen molar-refractivity contribution in [2.24, 2.45) is 4.99 Å². The van der Waals surface area contributed by atoms with E-state index in [0.29, 0.717) is 10.2 Å². The zero-order valence-corrected chi connectivity index (χ0v) is 15.4. The number of esters is 1. The topological polar surface area (TPSA) is 104 Å². The number of benzene rings is 2. The summed E-state index contributed by atoms with van der Waals surface area (Å²) in [7, 11) is 1.26. The van der Waals surface area contributed by atoms with Crippen molar-refractivity contribution in [3.63, 3.8) is 0 Å². The van der Waals surface area contributed by atoms with E-state index in [1.807, 2.05) is 0 Å². The van der Waals surface area contributed by atoms with Crippen molar-refractivity contribution in [3.8, 4) is 0 Å². The van der Waals surface area contributed by atoms with E-state index < -0.39 is 22.6 Å². The van der Waals surface area contributed by atoms with Crippen molar-refractivity contribution >= 4 is 39.1 Å². The number of nitro groups is 1. The van der Waals surface area contributed by atoms with Crippen LogP contribution >= 0.6 is 11.3 Å². The van der Waals surface area contributed by atoms with Gasteiger partial charge < -0.3 is 9.30 Å². The molecule has 0 fully saturated rings. The van der Waals surface area contributed by atoms with E-state index in [-0.39, 0.29) is 29.0 Å². The molecule has 0 radical (unpaired) electrons. The van der Waals surface area contributed by atoms with E-state index in [0.717, 1.165) is 17.4 Å². The van der Waals surface area contributed by atoms with Gasteiger partial charge in [0.2, 0.25) is 0 Å². The van der Waals surface area contributed by atoms with Crippen molar-refractivity contribution in [2.45, 2.75) is 13.0 Å². The maximum absolute atomic E-state index is 13.4. The molecular formula is C18H14FN3O5S. The summed E-state index contributed by atoms with van der Waals surface area (Å²) in [5, 5.41) is 11.0. The number of aromatic nitrogens is 1. The van der Waals surface area contributed by atoms with E-state index in [1.54, 1.807) is 4.57 Å². The van der Waals surface area contributed by atoms with Crippen LogP contribution in [0.5, 0.6) is 0 Å². The molecule has 1 aromatic heterocycles. The van der Waals surface area contributed by atoms with Crippen molar-refractivity contribution in [3.05, 3.63) is 68.8 Å². The van der Waals surface area contributed by atoms with Crippen LogP contribution in [0.25, 0.3) is 10.2 Å². The highest BCUT2D eigenvalue weighted by Gasteiger charge is 2.14. The minimum Gasteiger partial charge on any atom is -0.469 e. The number of methoxy groups -OCH3 is 1. The van der Waals surface area contributed by atoms with E-state index in [4.69, 9.17) is 0 Å². The second-order valence-corrected chi connectivity index (χ2v) is 6.71. The molecule has 10 heteroatoms. The minimum absolute atomic E-state index is 0.0284. The molecule has 0 unspecified atom stereocenters. The normalized spacial score (nSPS) is 11.6. The Hall–Kier alpha value is -3.40. The van der Waals surface area contributed by atoms with Crippen molar-refractivity contribution in [1.82, 2.24) is 4.57 Å². The number of rotatable bonds is 5. The number of nitro benzene ring substituents is 1. The summed E-state index contributed by atoms with van der Waals surface area (Å²) in [6.45, 7) is 0.166.